The number of fused-ring (bicyclic) bond motifs is 1. The molecule has 2 aromatic rings. The summed E-state index contributed by atoms with van der Waals surface area (Å²) in [5.41, 5.74) is 1.43. The van der Waals surface area contributed by atoms with Gasteiger partial charge >= 0.3 is 0 Å². The van der Waals surface area contributed by atoms with Crippen molar-refractivity contribution in [3.63, 3.8) is 0 Å². The van der Waals surface area contributed by atoms with Crippen LogP contribution in [0.4, 0.5) is 0 Å². The van der Waals surface area contributed by atoms with Gasteiger partial charge in [0.05, 0.1) is 0 Å². The van der Waals surface area contributed by atoms with Crippen LogP contribution in [0.2, 0.25) is 0 Å². The molecule has 1 N–H and O–H groups in total. The van der Waals surface area contributed by atoms with Gasteiger partial charge in [-0.2, -0.15) is 0 Å². The Labute approximate surface area is 147 Å². The highest BCUT2D eigenvalue weighted by Crippen LogP contribution is 2.42. The van der Waals surface area contributed by atoms with E-state index in [4.69, 9.17) is 0 Å². The Kier molecular flexibility index (Phi) is 3.86. The molecule has 0 unspecified atom stereocenters. The standard InChI is InChI=1S/C21H20N2O2/c1-2-15-6-5-7-16(14-15)21(23-12-10-22-11-13-23)19(24)17-8-3-4-9-18(17)20(21)25/h2-9,14,22H,1,10-13H2. The van der Waals surface area contributed by atoms with Crippen LogP contribution in [0, 0.1) is 0 Å². The number of Topliss-reactive ketones (excluding diaryl/α,β-unsaturated/α-hetero) is 2. The molecular weight excluding hydrogens is 312 g/mol. The number of benzene rings is 2. The molecule has 0 atom stereocenters. The van der Waals surface area contributed by atoms with E-state index < -0.39 is 5.54 Å². The van der Waals surface area contributed by atoms with Crippen LogP contribution < -0.4 is 5.32 Å². The van der Waals surface area contributed by atoms with Crippen molar-refractivity contribution in [1.82, 2.24) is 10.2 Å². The second-order valence-corrected chi connectivity index (χ2v) is 6.48. The molecule has 2 aliphatic rings. The minimum absolute atomic E-state index is 0.115. The van der Waals surface area contributed by atoms with Crippen LogP contribution in [0.5, 0.6) is 0 Å². The van der Waals surface area contributed by atoms with E-state index >= 15 is 0 Å². The van der Waals surface area contributed by atoms with Crippen molar-refractivity contribution >= 4 is 17.6 Å². The van der Waals surface area contributed by atoms with Gasteiger partial charge in [-0.1, -0.05) is 55.1 Å². The smallest absolute Gasteiger partial charge is 0.196 e. The summed E-state index contributed by atoms with van der Waals surface area (Å²) >= 11 is 0. The SMILES string of the molecule is C=Cc1cccc(C2(N3CCNCC3)C(=O)c3ccccc3C2=O)c1. The van der Waals surface area contributed by atoms with Crippen LogP contribution in [0.3, 0.4) is 0 Å². The zero-order valence-corrected chi connectivity index (χ0v) is 14.0. The van der Waals surface area contributed by atoms with Crippen LogP contribution in [0.1, 0.15) is 31.8 Å². The van der Waals surface area contributed by atoms with Gasteiger partial charge in [-0.3, -0.25) is 14.5 Å². The summed E-state index contributed by atoms with van der Waals surface area (Å²) in [7, 11) is 0. The van der Waals surface area contributed by atoms with Crippen molar-refractivity contribution < 1.29 is 9.59 Å². The molecule has 4 rings (SSSR count). The Hall–Kier alpha value is -2.56. The molecule has 4 heteroatoms. The number of nitrogens with zero attached hydrogens (tertiary/aromatic N) is 1. The molecule has 0 radical (unpaired) electrons. The molecule has 0 aromatic heterocycles. The molecule has 1 heterocycles. The molecule has 1 fully saturated rings. The molecule has 1 aliphatic heterocycles. The Morgan fingerprint density at radius 2 is 1.60 bits per heavy atom. The van der Waals surface area contributed by atoms with Crippen molar-refractivity contribution in [2.45, 2.75) is 5.54 Å². The van der Waals surface area contributed by atoms with Crippen LogP contribution >= 0.6 is 0 Å². The lowest BCUT2D eigenvalue weighted by Crippen LogP contribution is -2.59. The van der Waals surface area contributed by atoms with Crippen molar-refractivity contribution in [2.75, 3.05) is 26.2 Å². The predicted molar refractivity (Wildman–Crippen MR) is 97.8 cm³/mol. The second-order valence-electron chi connectivity index (χ2n) is 6.48. The Morgan fingerprint density at radius 3 is 2.20 bits per heavy atom. The summed E-state index contributed by atoms with van der Waals surface area (Å²) < 4.78 is 0. The monoisotopic (exact) mass is 332 g/mol. The largest absolute Gasteiger partial charge is 0.314 e. The summed E-state index contributed by atoms with van der Waals surface area (Å²) in [5.74, 6) is -0.229. The fourth-order valence-electron chi connectivity index (χ4n) is 3.99. The van der Waals surface area contributed by atoms with Gasteiger partial charge in [-0.25, -0.2) is 0 Å². The van der Waals surface area contributed by atoms with Gasteiger partial charge in [0, 0.05) is 37.3 Å². The van der Waals surface area contributed by atoms with Gasteiger partial charge in [0.25, 0.3) is 0 Å². The summed E-state index contributed by atoms with van der Waals surface area (Å²) in [6, 6.07) is 14.8. The van der Waals surface area contributed by atoms with Crippen LogP contribution in [0.25, 0.3) is 6.08 Å². The fourth-order valence-corrected chi connectivity index (χ4v) is 3.99. The zero-order valence-electron chi connectivity index (χ0n) is 14.0. The number of nitrogens with one attached hydrogen (secondary N) is 1. The van der Waals surface area contributed by atoms with E-state index in [0.29, 0.717) is 24.2 Å². The lowest BCUT2D eigenvalue weighted by atomic mass is 9.82. The molecule has 1 aliphatic carbocycles. The van der Waals surface area contributed by atoms with E-state index in [0.717, 1.165) is 24.2 Å². The highest BCUT2D eigenvalue weighted by molar-refractivity contribution is 6.32. The second kappa shape index (κ2) is 6.06. The van der Waals surface area contributed by atoms with Crippen molar-refractivity contribution in [2.24, 2.45) is 0 Å². The molecule has 126 valence electrons. The number of carbonyl (C=O) groups excluding carboxylic acids is 2. The molecule has 4 nitrogen and oxygen atoms in total. The Morgan fingerprint density at radius 1 is 0.960 bits per heavy atom. The van der Waals surface area contributed by atoms with E-state index in [2.05, 4.69) is 11.9 Å². The summed E-state index contributed by atoms with van der Waals surface area (Å²) in [4.78, 5) is 29.1. The summed E-state index contributed by atoms with van der Waals surface area (Å²) in [6.45, 7) is 6.66. The van der Waals surface area contributed by atoms with E-state index in [-0.39, 0.29) is 11.6 Å². The first-order chi connectivity index (χ1) is 12.2. The molecule has 25 heavy (non-hydrogen) atoms. The Bertz CT molecular complexity index is 831. The lowest BCUT2D eigenvalue weighted by molar-refractivity contribution is 0.0443. The van der Waals surface area contributed by atoms with Crippen molar-refractivity contribution in [3.05, 3.63) is 77.4 Å². The van der Waals surface area contributed by atoms with Gasteiger partial charge in [0.2, 0.25) is 0 Å². The van der Waals surface area contributed by atoms with E-state index in [1.54, 1.807) is 18.2 Å². The number of hydrogen-bond acceptors (Lipinski definition) is 4. The van der Waals surface area contributed by atoms with Crippen LogP contribution in [0.15, 0.2) is 55.1 Å². The number of piperazine rings is 1. The van der Waals surface area contributed by atoms with E-state index in [9.17, 15) is 9.59 Å². The molecule has 0 saturated carbocycles. The molecule has 1 saturated heterocycles. The van der Waals surface area contributed by atoms with Crippen molar-refractivity contribution in [1.29, 1.82) is 0 Å². The summed E-state index contributed by atoms with van der Waals surface area (Å²) in [5, 5.41) is 3.30. The quantitative estimate of drug-likeness (QED) is 0.878. The van der Waals surface area contributed by atoms with Crippen LogP contribution in [-0.4, -0.2) is 42.6 Å². The zero-order chi connectivity index (χ0) is 17.4. The van der Waals surface area contributed by atoms with Crippen molar-refractivity contribution in [3.8, 4) is 0 Å². The average molecular weight is 332 g/mol. The fraction of sp³-hybridized carbons (Fsp3) is 0.238. The first-order valence-electron chi connectivity index (χ1n) is 8.57. The van der Waals surface area contributed by atoms with Gasteiger partial charge in [0.15, 0.2) is 17.1 Å². The first kappa shape index (κ1) is 15.9. The molecule has 0 spiro atoms. The van der Waals surface area contributed by atoms with Gasteiger partial charge in [-0.15, -0.1) is 0 Å². The number of hydrogen-bond donors (Lipinski definition) is 1. The molecule has 0 amide bonds. The minimum atomic E-state index is -1.26. The van der Waals surface area contributed by atoms with Gasteiger partial charge in [-0.05, 0) is 17.2 Å². The maximum Gasteiger partial charge on any atom is 0.196 e. The minimum Gasteiger partial charge on any atom is -0.314 e. The number of rotatable bonds is 3. The maximum atomic E-state index is 13.5. The first-order valence-corrected chi connectivity index (χ1v) is 8.57. The van der Waals surface area contributed by atoms with E-state index in [1.807, 2.05) is 41.3 Å². The lowest BCUT2D eigenvalue weighted by Gasteiger charge is -2.41. The highest BCUT2D eigenvalue weighted by atomic mass is 16.2. The third-order valence-corrected chi connectivity index (χ3v) is 5.20. The number of ketones is 2. The topological polar surface area (TPSA) is 49.4 Å². The predicted octanol–water partition coefficient (Wildman–Crippen LogP) is 2.51. The third-order valence-electron chi connectivity index (χ3n) is 5.20. The average Bonchev–Trinajstić information content (AvgIpc) is 2.91. The molecule has 0 bridgehead atoms. The van der Waals surface area contributed by atoms with E-state index in [1.165, 1.54) is 0 Å². The summed E-state index contributed by atoms with van der Waals surface area (Å²) in [6.07, 6.45) is 1.74. The van der Waals surface area contributed by atoms with Gasteiger partial charge in [0.1, 0.15) is 0 Å². The third kappa shape index (κ3) is 2.22. The number of carbonyl (C=O) groups is 2. The maximum absolute atomic E-state index is 13.5. The highest BCUT2D eigenvalue weighted by Gasteiger charge is 2.57. The Balaban J connectivity index is 1.96. The molecular formula is C21H20N2O2. The van der Waals surface area contributed by atoms with Gasteiger partial charge < -0.3 is 5.32 Å². The van der Waals surface area contributed by atoms with Crippen LogP contribution in [-0.2, 0) is 5.54 Å². The normalized spacial score (nSPS) is 19.7. The molecule has 2 aromatic carbocycles.